The van der Waals surface area contributed by atoms with Crippen molar-refractivity contribution in [2.45, 2.75) is 12.6 Å². The molecule has 0 unspecified atom stereocenters. The van der Waals surface area contributed by atoms with E-state index < -0.39 is 29.2 Å². The summed E-state index contributed by atoms with van der Waals surface area (Å²) in [5, 5.41) is 7.55. The van der Waals surface area contributed by atoms with Crippen molar-refractivity contribution in [1.29, 1.82) is 0 Å². The van der Waals surface area contributed by atoms with Crippen LogP contribution in [0.25, 0.3) is 5.69 Å². The Morgan fingerprint density at radius 3 is 2.56 bits per heavy atom. The van der Waals surface area contributed by atoms with Gasteiger partial charge in [0.1, 0.15) is 0 Å². The van der Waals surface area contributed by atoms with Gasteiger partial charge in [-0.05, 0) is 12.1 Å². The van der Waals surface area contributed by atoms with Crippen molar-refractivity contribution in [2.75, 3.05) is 5.32 Å². The molecule has 0 aliphatic rings. The number of amides is 2. The summed E-state index contributed by atoms with van der Waals surface area (Å²) in [5.41, 5.74) is 3.71. The number of nitrogens with one attached hydrogen (secondary N) is 1. The van der Waals surface area contributed by atoms with Gasteiger partial charge in [-0.3, -0.25) is 14.9 Å². The Morgan fingerprint density at radius 1 is 1.22 bits per heavy atom. The van der Waals surface area contributed by atoms with Crippen LogP contribution in [0, 0.1) is 0 Å². The fourth-order valence-electron chi connectivity index (χ4n) is 2.34. The lowest BCUT2D eigenvalue weighted by Crippen LogP contribution is -2.20. The molecule has 3 N–H and O–H groups in total. The third-order valence-electron chi connectivity index (χ3n) is 3.41. The quantitative estimate of drug-likeness (QED) is 0.693. The number of primary amides is 1. The molecule has 2 aromatic heterocycles. The summed E-state index contributed by atoms with van der Waals surface area (Å²) in [6.45, 7) is 0. The minimum absolute atomic E-state index is 0.0526. The Balaban J connectivity index is 1.92. The predicted octanol–water partition coefficient (Wildman–Crippen LogP) is 2.63. The van der Waals surface area contributed by atoms with Crippen LogP contribution in [0.15, 0.2) is 41.9 Å². The Morgan fingerprint density at radius 2 is 1.93 bits per heavy atom. The lowest BCUT2D eigenvalue weighted by molar-refractivity contribution is -0.143. The molecule has 11 heteroatoms. The minimum Gasteiger partial charge on any atom is -0.369 e. The average molecular weight is 395 g/mol. The number of aromatic nitrogens is 3. The van der Waals surface area contributed by atoms with Crippen LogP contribution < -0.4 is 11.1 Å². The SMILES string of the molecule is NC(=O)Cc1csc(NC(=O)c2cnn(-c3ccccc3)c2C(F)(F)F)n1. The zero-order valence-corrected chi connectivity index (χ0v) is 14.3. The Hall–Kier alpha value is -3.21. The van der Waals surface area contributed by atoms with Crippen LogP contribution in [-0.2, 0) is 17.4 Å². The second-order valence-electron chi connectivity index (χ2n) is 5.39. The van der Waals surface area contributed by atoms with Crippen molar-refractivity contribution in [3.05, 3.63) is 58.9 Å². The molecule has 0 spiro atoms. The van der Waals surface area contributed by atoms with E-state index in [0.29, 0.717) is 10.4 Å². The first-order chi connectivity index (χ1) is 12.8. The van der Waals surface area contributed by atoms with E-state index in [1.54, 1.807) is 18.2 Å². The summed E-state index contributed by atoms with van der Waals surface area (Å²) < 4.78 is 41.4. The van der Waals surface area contributed by atoms with E-state index in [1.165, 1.54) is 17.5 Å². The molecule has 0 aliphatic heterocycles. The van der Waals surface area contributed by atoms with Crippen LogP contribution in [0.4, 0.5) is 18.3 Å². The van der Waals surface area contributed by atoms with Crippen LogP contribution in [0.2, 0.25) is 0 Å². The number of halogens is 3. The molecule has 3 aromatic rings. The molecule has 27 heavy (non-hydrogen) atoms. The second-order valence-corrected chi connectivity index (χ2v) is 6.25. The van der Waals surface area contributed by atoms with Gasteiger partial charge in [-0.2, -0.15) is 18.3 Å². The first kappa shape index (κ1) is 18.6. The van der Waals surface area contributed by atoms with E-state index in [2.05, 4.69) is 15.4 Å². The third kappa shape index (κ3) is 4.14. The van der Waals surface area contributed by atoms with Crippen molar-refractivity contribution in [2.24, 2.45) is 5.73 Å². The number of hydrogen-bond donors (Lipinski definition) is 2. The van der Waals surface area contributed by atoms with Crippen molar-refractivity contribution in [3.8, 4) is 5.69 Å². The van der Waals surface area contributed by atoms with Crippen molar-refractivity contribution in [1.82, 2.24) is 14.8 Å². The molecular weight excluding hydrogens is 383 g/mol. The number of hydrogen-bond acceptors (Lipinski definition) is 5. The van der Waals surface area contributed by atoms with Gasteiger partial charge in [0, 0.05) is 5.38 Å². The van der Waals surface area contributed by atoms with E-state index in [4.69, 9.17) is 5.73 Å². The Labute approximate surface area is 154 Å². The smallest absolute Gasteiger partial charge is 0.369 e. The second kappa shape index (κ2) is 7.19. The molecule has 0 aliphatic carbocycles. The van der Waals surface area contributed by atoms with Gasteiger partial charge < -0.3 is 5.73 Å². The number of nitrogens with zero attached hydrogens (tertiary/aromatic N) is 3. The monoisotopic (exact) mass is 395 g/mol. The van der Waals surface area contributed by atoms with Gasteiger partial charge in [0.25, 0.3) is 5.91 Å². The highest BCUT2D eigenvalue weighted by atomic mass is 32.1. The molecule has 3 rings (SSSR count). The van der Waals surface area contributed by atoms with E-state index in [1.807, 2.05) is 0 Å². The Kier molecular flexibility index (Phi) is 4.95. The summed E-state index contributed by atoms with van der Waals surface area (Å²) >= 11 is 0.972. The number of para-hydroxylation sites is 1. The molecule has 1 aromatic carbocycles. The van der Waals surface area contributed by atoms with Crippen molar-refractivity contribution < 1.29 is 22.8 Å². The fraction of sp³-hybridized carbons (Fsp3) is 0.125. The molecule has 140 valence electrons. The first-order valence-electron chi connectivity index (χ1n) is 7.50. The predicted molar refractivity (Wildman–Crippen MR) is 91.5 cm³/mol. The number of alkyl halides is 3. The maximum absolute atomic E-state index is 13.6. The maximum Gasteiger partial charge on any atom is 0.434 e. The van der Waals surface area contributed by atoms with Gasteiger partial charge in [-0.1, -0.05) is 18.2 Å². The zero-order valence-electron chi connectivity index (χ0n) is 13.5. The molecule has 0 fully saturated rings. The first-order valence-corrected chi connectivity index (χ1v) is 8.38. The molecule has 7 nitrogen and oxygen atoms in total. The standard InChI is InChI=1S/C16H12F3N5O2S/c17-16(18,19)13-11(7-21-24(13)10-4-2-1-3-5-10)14(26)23-15-22-9(8-27-15)6-12(20)25/h1-5,7-8H,6H2,(H2,20,25)(H,22,23,26). The van der Waals surface area contributed by atoms with E-state index in [0.717, 1.165) is 17.5 Å². The number of carbonyl (C=O) groups is 2. The highest BCUT2D eigenvalue weighted by Crippen LogP contribution is 2.34. The molecule has 0 atom stereocenters. The number of carbonyl (C=O) groups excluding carboxylic acids is 2. The number of anilines is 1. The van der Waals surface area contributed by atoms with Crippen LogP contribution >= 0.6 is 11.3 Å². The minimum atomic E-state index is -4.81. The summed E-state index contributed by atoms with van der Waals surface area (Å²) in [5.74, 6) is -1.62. The van der Waals surface area contributed by atoms with Gasteiger partial charge in [0.2, 0.25) is 5.91 Å². The van der Waals surface area contributed by atoms with Crippen LogP contribution in [-0.4, -0.2) is 26.6 Å². The van der Waals surface area contributed by atoms with E-state index in [9.17, 15) is 22.8 Å². The van der Waals surface area contributed by atoms with Gasteiger partial charge in [0.05, 0.1) is 29.6 Å². The lowest BCUT2D eigenvalue weighted by atomic mass is 10.2. The normalized spacial score (nSPS) is 11.4. The number of thiazole rings is 1. The van der Waals surface area contributed by atoms with Gasteiger partial charge in [-0.15, -0.1) is 11.3 Å². The maximum atomic E-state index is 13.6. The summed E-state index contributed by atoms with van der Waals surface area (Å²) in [4.78, 5) is 27.2. The lowest BCUT2D eigenvalue weighted by Gasteiger charge is -2.12. The number of nitrogens with two attached hydrogens (primary N) is 1. The molecular formula is C16H12F3N5O2S. The zero-order chi connectivity index (χ0) is 19.6. The average Bonchev–Trinajstić information content (AvgIpc) is 3.21. The largest absolute Gasteiger partial charge is 0.434 e. The van der Waals surface area contributed by atoms with Crippen molar-refractivity contribution >= 4 is 28.3 Å². The van der Waals surface area contributed by atoms with Crippen LogP contribution in [0.5, 0.6) is 0 Å². The molecule has 0 radical (unpaired) electrons. The van der Waals surface area contributed by atoms with E-state index >= 15 is 0 Å². The molecule has 0 bridgehead atoms. The summed E-state index contributed by atoms with van der Waals surface area (Å²) in [6.07, 6.45) is -4.09. The highest BCUT2D eigenvalue weighted by Gasteiger charge is 2.40. The fourth-order valence-corrected chi connectivity index (χ4v) is 3.05. The van der Waals surface area contributed by atoms with E-state index in [-0.39, 0.29) is 17.2 Å². The molecule has 0 saturated heterocycles. The van der Waals surface area contributed by atoms with Crippen molar-refractivity contribution in [3.63, 3.8) is 0 Å². The van der Waals surface area contributed by atoms with Gasteiger partial charge in [-0.25, -0.2) is 9.67 Å². The molecule has 0 saturated carbocycles. The molecule has 2 amide bonds. The highest BCUT2D eigenvalue weighted by molar-refractivity contribution is 7.14. The molecule has 2 heterocycles. The van der Waals surface area contributed by atoms with Crippen LogP contribution in [0.3, 0.4) is 0 Å². The number of benzene rings is 1. The topological polar surface area (TPSA) is 103 Å². The number of rotatable bonds is 5. The van der Waals surface area contributed by atoms with Crippen LogP contribution in [0.1, 0.15) is 21.7 Å². The van der Waals surface area contributed by atoms with Gasteiger partial charge >= 0.3 is 6.18 Å². The summed E-state index contributed by atoms with van der Waals surface area (Å²) in [7, 11) is 0. The summed E-state index contributed by atoms with van der Waals surface area (Å²) in [6, 6.07) is 7.67. The third-order valence-corrected chi connectivity index (χ3v) is 4.22. The van der Waals surface area contributed by atoms with Gasteiger partial charge in [0.15, 0.2) is 10.8 Å². The Bertz CT molecular complexity index is 982.